The smallest absolute Gasteiger partial charge is 0.277 e. The average Bonchev–Trinajstić information content (AvgIpc) is 2.97. The summed E-state index contributed by atoms with van der Waals surface area (Å²) >= 11 is 0. The number of benzene rings is 1. The quantitative estimate of drug-likeness (QED) is 0.796. The number of hydrogen-bond donors (Lipinski definition) is 1. The van der Waals surface area contributed by atoms with Gasteiger partial charge in [-0.2, -0.15) is 0 Å². The molecule has 0 saturated carbocycles. The van der Waals surface area contributed by atoms with Crippen LogP contribution in [0.15, 0.2) is 39.9 Å². The van der Waals surface area contributed by atoms with Gasteiger partial charge in [0.05, 0.1) is 17.2 Å². The predicted molar refractivity (Wildman–Crippen MR) is 90.0 cm³/mol. The molecule has 0 aliphatic carbocycles. The van der Waals surface area contributed by atoms with Gasteiger partial charge in [-0.05, 0) is 31.0 Å². The first-order valence-electron chi connectivity index (χ1n) is 7.68. The fraction of sp³-hybridized carbons (Fsp3) is 0.294. The van der Waals surface area contributed by atoms with Gasteiger partial charge in [-0.15, -0.1) is 0 Å². The highest BCUT2D eigenvalue weighted by molar-refractivity contribution is 6.03. The SMILES string of the molecule is Cc1cc(C(=O)Nc2ccc3ncn(CC(C)C)c(=O)c3c2)no1. The van der Waals surface area contributed by atoms with Crippen LogP contribution in [0.4, 0.5) is 5.69 Å². The van der Waals surface area contributed by atoms with Crippen molar-refractivity contribution in [1.82, 2.24) is 14.7 Å². The second kappa shape index (κ2) is 6.27. The molecule has 1 aromatic carbocycles. The summed E-state index contributed by atoms with van der Waals surface area (Å²) in [6, 6.07) is 6.59. The maximum absolute atomic E-state index is 12.6. The van der Waals surface area contributed by atoms with Gasteiger partial charge in [-0.3, -0.25) is 14.2 Å². The highest BCUT2D eigenvalue weighted by Gasteiger charge is 2.12. The van der Waals surface area contributed by atoms with Crippen molar-refractivity contribution in [3.05, 3.63) is 52.4 Å². The molecule has 0 unspecified atom stereocenters. The lowest BCUT2D eigenvalue weighted by atomic mass is 10.2. The zero-order valence-corrected chi connectivity index (χ0v) is 13.7. The van der Waals surface area contributed by atoms with Crippen LogP contribution in [-0.2, 0) is 6.54 Å². The van der Waals surface area contributed by atoms with E-state index in [0.717, 1.165) is 0 Å². The molecule has 0 saturated heterocycles. The van der Waals surface area contributed by atoms with E-state index in [0.29, 0.717) is 34.8 Å². The van der Waals surface area contributed by atoms with Gasteiger partial charge in [0, 0.05) is 18.3 Å². The lowest BCUT2D eigenvalue weighted by molar-refractivity contribution is 0.101. The molecule has 3 aromatic rings. The number of aryl methyl sites for hydroxylation is 1. The fourth-order valence-corrected chi connectivity index (χ4v) is 2.43. The van der Waals surface area contributed by atoms with Crippen LogP contribution < -0.4 is 10.9 Å². The monoisotopic (exact) mass is 326 g/mol. The molecule has 24 heavy (non-hydrogen) atoms. The molecule has 7 heteroatoms. The van der Waals surface area contributed by atoms with Crippen LogP contribution in [0.2, 0.25) is 0 Å². The van der Waals surface area contributed by atoms with Crippen LogP contribution in [0.1, 0.15) is 30.1 Å². The first-order valence-corrected chi connectivity index (χ1v) is 7.68. The Balaban J connectivity index is 1.93. The van der Waals surface area contributed by atoms with E-state index in [4.69, 9.17) is 4.52 Å². The molecule has 0 radical (unpaired) electrons. The average molecular weight is 326 g/mol. The Hall–Kier alpha value is -2.96. The number of amides is 1. The van der Waals surface area contributed by atoms with Gasteiger partial charge >= 0.3 is 0 Å². The van der Waals surface area contributed by atoms with E-state index in [1.54, 1.807) is 42.1 Å². The topological polar surface area (TPSA) is 90.0 Å². The van der Waals surface area contributed by atoms with Gasteiger partial charge < -0.3 is 9.84 Å². The number of carbonyl (C=O) groups excluding carboxylic acids is 1. The molecule has 2 aromatic heterocycles. The van der Waals surface area contributed by atoms with Crippen molar-refractivity contribution in [3.8, 4) is 0 Å². The van der Waals surface area contributed by atoms with Crippen LogP contribution >= 0.6 is 0 Å². The van der Waals surface area contributed by atoms with Gasteiger partial charge in [0.2, 0.25) is 0 Å². The van der Waals surface area contributed by atoms with Crippen molar-refractivity contribution in [2.24, 2.45) is 5.92 Å². The summed E-state index contributed by atoms with van der Waals surface area (Å²) in [4.78, 5) is 29.0. The minimum atomic E-state index is -0.391. The zero-order chi connectivity index (χ0) is 17.3. The van der Waals surface area contributed by atoms with E-state index in [9.17, 15) is 9.59 Å². The third kappa shape index (κ3) is 3.19. The van der Waals surface area contributed by atoms with Gasteiger partial charge in [0.15, 0.2) is 5.69 Å². The first kappa shape index (κ1) is 15.9. The summed E-state index contributed by atoms with van der Waals surface area (Å²) in [6.07, 6.45) is 1.56. The summed E-state index contributed by atoms with van der Waals surface area (Å²) in [6.45, 7) is 6.37. The Morgan fingerprint density at radius 2 is 2.12 bits per heavy atom. The molecule has 0 atom stereocenters. The van der Waals surface area contributed by atoms with Crippen LogP contribution in [0.25, 0.3) is 10.9 Å². The third-order valence-corrected chi connectivity index (χ3v) is 3.50. The Kier molecular flexibility index (Phi) is 4.16. The highest BCUT2D eigenvalue weighted by Crippen LogP contribution is 2.16. The third-order valence-electron chi connectivity index (χ3n) is 3.50. The Bertz CT molecular complexity index is 956. The minimum Gasteiger partial charge on any atom is -0.361 e. The number of aromatic nitrogens is 3. The molecular formula is C17H18N4O3. The molecular weight excluding hydrogens is 308 g/mol. The van der Waals surface area contributed by atoms with Crippen LogP contribution in [0, 0.1) is 12.8 Å². The number of carbonyl (C=O) groups is 1. The molecule has 3 rings (SSSR count). The molecule has 0 fully saturated rings. The summed E-state index contributed by atoms with van der Waals surface area (Å²) in [5, 5.41) is 6.85. The molecule has 0 aliphatic heterocycles. The van der Waals surface area contributed by atoms with E-state index < -0.39 is 5.91 Å². The molecule has 0 spiro atoms. The van der Waals surface area contributed by atoms with Crippen LogP contribution in [0.3, 0.4) is 0 Å². The number of hydrogen-bond acceptors (Lipinski definition) is 5. The van der Waals surface area contributed by atoms with Gasteiger partial charge in [0.1, 0.15) is 5.76 Å². The van der Waals surface area contributed by atoms with Gasteiger partial charge in [-0.25, -0.2) is 4.98 Å². The normalized spacial score (nSPS) is 11.2. The lowest BCUT2D eigenvalue weighted by Crippen LogP contribution is -2.23. The predicted octanol–water partition coefficient (Wildman–Crippen LogP) is 2.60. The minimum absolute atomic E-state index is 0.123. The van der Waals surface area contributed by atoms with Gasteiger partial charge in [-0.1, -0.05) is 19.0 Å². The number of nitrogens with one attached hydrogen (secondary N) is 1. The molecule has 0 bridgehead atoms. The van der Waals surface area contributed by atoms with E-state index in [-0.39, 0.29) is 11.3 Å². The summed E-state index contributed by atoms with van der Waals surface area (Å²) in [7, 11) is 0. The van der Waals surface area contributed by atoms with E-state index in [1.165, 1.54) is 0 Å². The largest absolute Gasteiger partial charge is 0.361 e. The van der Waals surface area contributed by atoms with Crippen molar-refractivity contribution in [2.45, 2.75) is 27.3 Å². The standard InChI is InChI=1S/C17H18N4O3/c1-10(2)8-21-9-18-14-5-4-12(7-13(14)17(21)23)19-16(22)15-6-11(3)24-20-15/h4-7,9-10H,8H2,1-3H3,(H,19,22). The second-order valence-corrected chi connectivity index (χ2v) is 6.10. The van der Waals surface area contributed by atoms with E-state index >= 15 is 0 Å². The molecule has 124 valence electrons. The number of anilines is 1. The lowest BCUT2D eigenvalue weighted by Gasteiger charge is -2.10. The first-order chi connectivity index (χ1) is 11.4. The number of nitrogens with zero attached hydrogens (tertiary/aromatic N) is 3. The number of fused-ring (bicyclic) bond motifs is 1. The Morgan fingerprint density at radius 3 is 2.79 bits per heavy atom. The summed E-state index contributed by atoms with van der Waals surface area (Å²) < 4.78 is 6.47. The molecule has 0 aliphatic rings. The maximum Gasteiger partial charge on any atom is 0.277 e. The molecule has 2 heterocycles. The molecule has 7 nitrogen and oxygen atoms in total. The van der Waals surface area contributed by atoms with Crippen molar-refractivity contribution in [3.63, 3.8) is 0 Å². The Labute approximate surface area is 138 Å². The second-order valence-electron chi connectivity index (χ2n) is 6.10. The van der Waals surface area contributed by atoms with E-state index in [2.05, 4.69) is 15.5 Å². The van der Waals surface area contributed by atoms with Crippen molar-refractivity contribution in [2.75, 3.05) is 5.32 Å². The molecule has 1 amide bonds. The summed E-state index contributed by atoms with van der Waals surface area (Å²) in [5.41, 5.74) is 1.17. The fourth-order valence-electron chi connectivity index (χ4n) is 2.43. The van der Waals surface area contributed by atoms with Crippen molar-refractivity contribution < 1.29 is 9.32 Å². The number of rotatable bonds is 4. The zero-order valence-electron chi connectivity index (χ0n) is 13.7. The van der Waals surface area contributed by atoms with E-state index in [1.807, 2.05) is 13.8 Å². The van der Waals surface area contributed by atoms with Crippen LogP contribution in [0.5, 0.6) is 0 Å². The summed E-state index contributed by atoms with van der Waals surface area (Å²) in [5.74, 6) is 0.497. The molecule has 1 N–H and O–H groups in total. The van der Waals surface area contributed by atoms with Crippen molar-refractivity contribution in [1.29, 1.82) is 0 Å². The highest BCUT2D eigenvalue weighted by atomic mass is 16.5. The van der Waals surface area contributed by atoms with Crippen LogP contribution in [-0.4, -0.2) is 20.6 Å². The van der Waals surface area contributed by atoms with Gasteiger partial charge in [0.25, 0.3) is 11.5 Å². The van der Waals surface area contributed by atoms with Crippen molar-refractivity contribution >= 4 is 22.5 Å². The maximum atomic E-state index is 12.6. The Morgan fingerprint density at radius 1 is 1.33 bits per heavy atom.